The summed E-state index contributed by atoms with van der Waals surface area (Å²) in [6, 6.07) is 7.42. The van der Waals surface area contributed by atoms with Gasteiger partial charge >= 0.3 is 0 Å². The normalized spacial score (nSPS) is 23.9. The summed E-state index contributed by atoms with van der Waals surface area (Å²) in [5, 5.41) is 4.62. The largest absolute Gasteiger partial charge is 0.273 e. The summed E-state index contributed by atoms with van der Waals surface area (Å²) in [7, 11) is 0. The third-order valence-corrected chi connectivity index (χ3v) is 4.48. The van der Waals surface area contributed by atoms with Gasteiger partial charge in [-0.1, -0.05) is 36.2 Å². The summed E-state index contributed by atoms with van der Waals surface area (Å²) < 4.78 is 0. The van der Waals surface area contributed by atoms with Gasteiger partial charge in [-0.05, 0) is 30.7 Å². The third kappa shape index (κ3) is 2.03. The van der Waals surface area contributed by atoms with E-state index in [1.807, 2.05) is 18.2 Å². The molecule has 1 N–H and O–H groups in total. The molecule has 0 bridgehead atoms. The molecule has 0 saturated heterocycles. The van der Waals surface area contributed by atoms with E-state index in [-0.39, 0.29) is 11.8 Å². The fourth-order valence-electron chi connectivity index (χ4n) is 2.73. The maximum atomic E-state index is 11.8. The van der Waals surface area contributed by atoms with Gasteiger partial charge in [0.15, 0.2) is 0 Å². The smallest absolute Gasteiger partial charge is 0.243 e. The van der Waals surface area contributed by atoms with Crippen molar-refractivity contribution in [1.29, 1.82) is 0 Å². The Kier molecular flexibility index (Phi) is 2.86. The molecular weight excluding hydrogens is 248 g/mol. The second kappa shape index (κ2) is 4.39. The topological polar surface area (TPSA) is 41.5 Å². The number of nitrogens with zero attached hydrogens (tertiary/aromatic N) is 1. The fraction of sp³-hybridized carbons (Fsp3) is 0.429. The maximum Gasteiger partial charge on any atom is 0.243 e. The van der Waals surface area contributed by atoms with Gasteiger partial charge in [-0.25, -0.2) is 5.43 Å². The number of benzene rings is 1. The van der Waals surface area contributed by atoms with Crippen molar-refractivity contribution < 1.29 is 4.79 Å². The Balaban J connectivity index is 1.55. The van der Waals surface area contributed by atoms with E-state index in [0.29, 0.717) is 10.4 Å². The highest BCUT2D eigenvalue weighted by Gasteiger charge is 2.60. The van der Waals surface area contributed by atoms with Gasteiger partial charge < -0.3 is 0 Å². The van der Waals surface area contributed by atoms with Crippen LogP contribution in [0.3, 0.4) is 0 Å². The molecular formula is C14H15ClN2O. The number of nitrogens with one attached hydrogen (secondary N) is 1. The number of hydrazone groups is 1. The first-order valence-corrected chi connectivity index (χ1v) is 6.67. The van der Waals surface area contributed by atoms with Crippen molar-refractivity contribution >= 4 is 23.7 Å². The number of halogens is 1. The lowest BCUT2D eigenvalue weighted by atomic mass is 9.80. The molecule has 3 rings (SSSR count). The summed E-state index contributed by atoms with van der Waals surface area (Å²) in [4.78, 5) is 11.8. The molecule has 1 atom stereocenters. The SMILES string of the molecule is O=C(NN=Cc1ccccc1Cl)C1CC12CCC2. The van der Waals surface area contributed by atoms with Gasteiger partial charge in [0.05, 0.1) is 6.21 Å². The first-order chi connectivity index (χ1) is 8.71. The van der Waals surface area contributed by atoms with Gasteiger partial charge in [-0.15, -0.1) is 0 Å². The number of hydrogen-bond donors (Lipinski definition) is 1. The van der Waals surface area contributed by atoms with Crippen LogP contribution in [0.5, 0.6) is 0 Å². The molecule has 1 spiro atoms. The van der Waals surface area contributed by atoms with E-state index in [1.165, 1.54) is 19.3 Å². The molecule has 1 amide bonds. The van der Waals surface area contributed by atoms with Crippen LogP contribution in [0.1, 0.15) is 31.2 Å². The van der Waals surface area contributed by atoms with Crippen LogP contribution in [0.2, 0.25) is 5.02 Å². The summed E-state index contributed by atoms with van der Waals surface area (Å²) >= 11 is 5.99. The second-order valence-electron chi connectivity index (χ2n) is 5.23. The van der Waals surface area contributed by atoms with Crippen LogP contribution in [-0.2, 0) is 4.79 Å². The van der Waals surface area contributed by atoms with E-state index in [1.54, 1.807) is 12.3 Å². The molecule has 0 radical (unpaired) electrons. The average molecular weight is 263 g/mol. The predicted molar refractivity (Wildman–Crippen MR) is 71.6 cm³/mol. The fourth-order valence-corrected chi connectivity index (χ4v) is 2.91. The van der Waals surface area contributed by atoms with Crippen molar-refractivity contribution in [2.45, 2.75) is 25.7 Å². The first kappa shape index (κ1) is 11.7. The van der Waals surface area contributed by atoms with Gasteiger partial charge in [0, 0.05) is 16.5 Å². The Morgan fingerprint density at radius 1 is 1.44 bits per heavy atom. The van der Waals surface area contributed by atoms with Gasteiger partial charge in [0.1, 0.15) is 0 Å². The molecule has 2 aliphatic carbocycles. The molecule has 0 aromatic heterocycles. The standard InChI is InChI=1S/C14H15ClN2O/c15-12-5-2-1-4-10(12)9-16-17-13(18)11-8-14(11)6-3-7-14/h1-2,4-5,9,11H,3,6-8H2,(H,17,18). The summed E-state index contributed by atoms with van der Waals surface area (Å²) in [5.74, 6) is 0.243. The van der Waals surface area contributed by atoms with Crippen molar-refractivity contribution in [2.24, 2.45) is 16.4 Å². The van der Waals surface area contributed by atoms with Crippen molar-refractivity contribution in [1.82, 2.24) is 5.43 Å². The number of rotatable bonds is 3. The molecule has 4 heteroatoms. The van der Waals surface area contributed by atoms with Crippen LogP contribution in [0.25, 0.3) is 0 Å². The second-order valence-corrected chi connectivity index (χ2v) is 5.64. The third-order valence-electron chi connectivity index (χ3n) is 4.14. The Morgan fingerprint density at radius 3 is 2.83 bits per heavy atom. The van der Waals surface area contributed by atoms with Crippen LogP contribution >= 0.6 is 11.6 Å². The van der Waals surface area contributed by atoms with E-state index < -0.39 is 0 Å². The van der Waals surface area contributed by atoms with E-state index in [4.69, 9.17) is 11.6 Å². The van der Waals surface area contributed by atoms with Gasteiger partial charge in [0.25, 0.3) is 0 Å². The van der Waals surface area contributed by atoms with Crippen molar-refractivity contribution in [2.75, 3.05) is 0 Å². The monoisotopic (exact) mass is 262 g/mol. The summed E-state index contributed by atoms with van der Waals surface area (Å²) in [5.41, 5.74) is 3.78. The zero-order valence-electron chi connectivity index (χ0n) is 10.0. The molecule has 1 aromatic rings. The average Bonchev–Trinajstić information content (AvgIpc) is 3.07. The molecule has 1 unspecified atom stereocenters. The minimum absolute atomic E-state index is 0.0537. The van der Waals surface area contributed by atoms with Gasteiger partial charge in [-0.3, -0.25) is 4.79 Å². The van der Waals surface area contributed by atoms with E-state index in [2.05, 4.69) is 10.5 Å². The number of carbonyl (C=O) groups is 1. The highest BCUT2D eigenvalue weighted by atomic mass is 35.5. The summed E-state index contributed by atoms with van der Waals surface area (Å²) in [6.07, 6.45) is 6.32. The van der Waals surface area contributed by atoms with E-state index in [9.17, 15) is 4.79 Å². The lowest BCUT2D eigenvalue weighted by Crippen LogP contribution is -2.26. The molecule has 94 valence electrons. The minimum atomic E-state index is 0.0537. The molecule has 0 aliphatic heterocycles. The van der Waals surface area contributed by atoms with E-state index >= 15 is 0 Å². The van der Waals surface area contributed by atoms with Crippen molar-refractivity contribution in [3.05, 3.63) is 34.9 Å². The number of hydrogen-bond acceptors (Lipinski definition) is 2. The highest BCUT2D eigenvalue weighted by molar-refractivity contribution is 6.33. The number of amides is 1. The highest BCUT2D eigenvalue weighted by Crippen LogP contribution is 2.65. The lowest BCUT2D eigenvalue weighted by molar-refractivity contribution is -0.123. The van der Waals surface area contributed by atoms with Crippen LogP contribution < -0.4 is 5.43 Å². The molecule has 2 aliphatic rings. The van der Waals surface area contributed by atoms with Crippen LogP contribution in [0.15, 0.2) is 29.4 Å². The van der Waals surface area contributed by atoms with Crippen molar-refractivity contribution in [3.8, 4) is 0 Å². The van der Waals surface area contributed by atoms with E-state index in [0.717, 1.165) is 12.0 Å². The molecule has 3 nitrogen and oxygen atoms in total. The summed E-state index contributed by atoms with van der Waals surface area (Å²) in [6.45, 7) is 0. The van der Waals surface area contributed by atoms with Gasteiger partial charge in [-0.2, -0.15) is 5.10 Å². The van der Waals surface area contributed by atoms with Crippen molar-refractivity contribution in [3.63, 3.8) is 0 Å². The number of carbonyl (C=O) groups excluding carboxylic acids is 1. The van der Waals surface area contributed by atoms with Gasteiger partial charge in [0.2, 0.25) is 5.91 Å². The maximum absolute atomic E-state index is 11.8. The Hall–Kier alpha value is -1.35. The first-order valence-electron chi connectivity index (χ1n) is 6.29. The minimum Gasteiger partial charge on any atom is -0.273 e. The lowest BCUT2D eigenvalue weighted by Gasteiger charge is -2.25. The Bertz CT molecular complexity index is 508. The zero-order chi connectivity index (χ0) is 12.6. The molecule has 2 fully saturated rings. The quantitative estimate of drug-likeness (QED) is 0.660. The zero-order valence-corrected chi connectivity index (χ0v) is 10.8. The van der Waals surface area contributed by atoms with Crippen LogP contribution in [0.4, 0.5) is 0 Å². The molecule has 0 heterocycles. The molecule has 18 heavy (non-hydrogen) atoms. The van der Waals surface area contributed by atoms with Crippen LogP contribution in [0, 0.1) is 11.3 Å². The van der Waals surface area contributed by atoms with Crippen LogP contribution in [-0.4, -0.2) is 12.1 Å². The molecule has 2 saturated carbocycles. The Morgan fingerprint density at radius 2 is 2.22 bits per heavy atom. The Labute approximate surface area is 111 Å². The predicted octanol–water partition coefficient (Wildman–Crippen LogP) is 2.98. The molecule has 1 aromatic carbocycles.